The summed E-state index contributed by atoms with van der Waals surface area (Å²) in [5.41, 5.74) is 11.0. The van der Waals surface area contributed by atoms with Crippen LogP contribution in [0.25, 0.3) is 0 Å². The van der Waals surface area contributed by atoms with Crippen molar-refractivity contribution in [2.45, 2.75) is 13.5 Å². The maximum Gasteiger partial charge on any atom is 0.255 e. The second kappa shape index (κ2) is 11.2. The molecule has 2 amide bonds. The molecule has 172 valence electrons. The number of carbonyl (C=O) groups is 2. The number of amides is 2. The number of carbonyl (C=O) groups excluding carboxylic acids is 2. The Labute approximate surface area is 194 Å². The third-order valence-corrected chi connectivity index (χ3v) is 5.37. The van der Waals surface area contributed by atoms with Crippen LogP contribution in [0.3, 0.4) is 0 Å². The van der Waals surface area contributed by atoms with Crippen LogP contribution in [-0.2, 0) is 11.3 Å². The van der Waals surface area contributed by atoms with Gasteiger partial charge in [-0.3, -0.25) is 9.59 Å². The van der Waals surface area contributed by atoms with Gasteiger partial charge in [0.1, 0.15) is 0 Å². The number of nitrogens with one attached hydrogen (secondary N) is 2. The molecule has 0 aromatic heterocycles. The quantitative estimate of drug-likeness (QED) is 0.429. The van der Waals surface area contributed by atoms with E-state index in [2.05, 4.69) is 10.6 Å². The number of methoxy groups -OCH3 is 1. The lowest BCUT2D eigenvalue weighted by atomic mass is 10.1. The van der Waals surface area contributed by atoms with Crippen molar-refractivity contribution in [2.75, 3.05) is 43.7 Å². The number of para-hydroxylation sites is 2. The van der Waals surface area contributed by atoms with Crippen LogP contribution in [0.1, 0.15) is 31.8 Å². The molecule has 0 fully saturated rings. The highest BCUT2D eigenvalue weighted by Crippen LogP contribution is 2.20. The molecule has 0 saturated carbocycles. The van der Waals surface area contributed by atoms with E-state index in [1.54, 1.807) is 43.3 Å². The van der Waals surface area contributed by atoms with E-state index in [1.165, 1.54) is 0 Å². The summed E-state index contributed by atoms with van der Waals surface area (Å²) in [4.78, 5) is 26.9. The summed E-state index contributed by atoms with van der Waals surface area (Å²) < 4.78 is 5.06. The van der Waals surface area contributed by atoms with E-state index < -0.39 is 0 Å². The predicted molar refractivity (Wildman–Crippen MR) is 133 cm³/mol. The zero-order valence-electron chi connectivity index (χ0n) is 19.2. The summed E-state index contributed by atoms with van der Waals surface area (Å²) >= 11 is 0. The first-order valence-electron chi connectivity index (χ1n) is 10.7. The first-order chi connectivity index (χ1) is 15.9. The Hall–Kier alpha value is -3.84. The fourth-order valence-electron chi connectivity index (χ4n) is 3.28. The van der Waals surface area contributed by atoms with Gasteiger partial charge in [0.25, 0.3) is 11.8 Å². The number of anilines is 3. The van der Waals surface area contributed by atoms with Crippen LogP contribution in [0.15, 0.2) is 66.7 Å². The van der Waals surface area contributed by atoms with Crippen molar-refractivity contribution in [1.82, 2.24) is 4.90 Å². The lowest BCUT2D eigenvalue weighted by Gasteiger charge is -2.18. The number of rotatable bonds is 9. The molecule has 4 N–H and O–H groups in total. The summed E-state index contributed by atoms with van der Waals surface area (Å²) in [5, 5.41) is 6.17. The van der Waals surface area contributed by atoms with Crippen LogP contribution in [0.2, 0.25) is 0 Å². The van der Waals surface area contributed by atoms with Gasteiger partial charge in [-0.2, -0.15) is 0 Å². The maximum atomic E-state index is 12.7. The van der Waals surface area contributed by atoms with Gasteiger partial charge in [0.05, 0.1) is 18.0 Å². The van der Waals surface area contributed by atoms with Crippen LogP contribution in [0, 0.1) is 6.92 Å². The van der Waals surface area contributed by atoms with Crippen LogP contribution >= 0.6 is 0 Å². The van der Waals surface area contributed by atoms with Crippen molar-refractivity contribution in [3.8, 4) is 0 Å². The molecule has 3 rings (SSSR count). The molecule has 3 aromatic carbocycles. The number of likely N-dealkylation sites (N-methyl/N-ethyl adjacent to an activating group) is 1. The molecule has 33 heavy (non-hydrogen) atoms. The zero-order chi connectivity index (χ0) is 23.8. The first-order valence-corrected chi connectivity index (χ1v) is 10.7. The molecule has 0 spiro atoms. The van der Waals surface area contributed by atoms with Crippen molar-refractivity contribution < 1.29 is 14.3 Å². The topological polar surface area (TPSA) is 96.7 Å². The van der Waals surface area contributed by atoms with Crippen LogP contribution < -0.4 is 16.4 Å². The van der Waals surface area contributed by atoms with E-state index in [1.807, 2.05) is 49.4 Å². The van der Waals surface area contributed by atoms with Gasteiger partial charge >= 0.3 is 0 Å². The molecule has 0 aliphatic carbocycles. The SMILES string of the molecule is COCCN(C)C(=O)c1cc(NCc2ccc(C(=O)Nc3ccccc3N)cc2)ccc1C. The molecular weight excluding hydrogens is 416 g/mol. The zero-order valence-corrected chi connectivity index (χ0v) is 19.2. The summed E-state index contributed by atoms with van der Waals surface area (Å²) in [5.74, 6) is -0.255. The Kier molecular flexibility index (Phi) is 8.05. The van der Waals surface area contributed by atoms with E-state index in [0.717, 1.165) is 16.8 Å². The minimum atomic E-state index is -0.216. The van der Waals surface area contributed by atoms with E-state index in [4.69, 9.17) is 10.5 Å². The standard InChI is InChI=1S/C26H30N4O3/c1-18-8-13-21(16-22(18)26(32)30(2)14-15-33-3)28-17-19-9-11-20(12-10-19)25(31)29-24-7-5-4-6-23(24)27/h4-13,16,28H,14-15,17,27H2,1-3H3,(H,29,31). The molecule has 0 unspecified atom stereocenters. The highest BCUT2D eigenvalue weighted by atomic mass is 16.5. The fraction of sp³-hybridized carbons (Fsp3) is 0.231. The number of nitrogens with two attached hydrogens (primary N) is 1. The third kappa shape index (κ3) is 6.33. The van der Waals surface area contributed by atoms with E-state index >= 15 is 0 Å². The molecule has 0 aliphatic rings. The molecule has 0 bridgehead atoms. The van der Waals surface area contributed by atoms with Gasteiger partial charge < -0.3 is 26.0 Å². The normalized spacial score (nSPS) is 10.5. The number of benzene rings is 3. The van der Waals surface area contributed by atoms with Crippen molar-refractivity contribution in [3.05, 3.63) is 89.0 Å². The fourth-order valence-corrected chi connectivity index (χ4v) is 3.28. The van der Waals surface area contributed by atoms with Crippen molar-refractivity contribution >= 4 is 28.9 Å². The molecule has 7 nitrogen and oxygen atoms in total. The molecule has 3 aromatic rings. The Balaban J connectivity index is 1.61. The van der Waals surface area contributed by atoms with Gasteiger partial charge in [0.15, 0.2) is 0 Å². The molecule has 0 atom stereocenters. The molecule has 0 aliphatic heterocycles. The molecule has 0 radical (unpaired) electrons. The molecule has 7 heteroatoms. The minimum absolute atomic E-state index is 0.0392. The van der Waals surface area contributed by atoms with Gasteiger partial charge in [0.2, 0.25) is 0 Å². The van der Waals surface area contributed by atoms with Crippen LogP contribution in [0.4, 0.5) is 17.1 Å². The van der Waals surface area contributed by atoms with Crippen molar-refractivity contribution in [2.24, 2.45) is 0 Å². The van der Waals surface area contributed by atoms with Gasteiger partial charge in [-0.15, -0.1) is 0 Å². The predicted octanol–water partition coefficient (Wildman–Crippen LogP) is 4.16. The van der Waals surface area contributed by atoms with E-state index in [9.17, 15) is 9.59 Å². The Morgan fingerprint density at radius 3 is 2.45 bits per heavy atom. The van der Waals surface area contributed by atoms with Gasteiger partial charge in [-0.05, 0) is 54.4 Å². The highest BCUT2D eigenvalue weighted by Gasteiger charge is 2.14. The Bertz CT molecular complexity index is 1110. The number of hydrogen-bond donors (Lipinski definition) is 3. The number of nitrogens with zero attached hydrogens (tertiary/aromatic N) is 1. The Morgan fingerprint density at radius 1 is 1.03 bits per heavy atom. The van der Waals surface area contributed by atoms with Gasteiger partial charge in [0, 0.05) is 44.1 Å². The average Bonchev–Trinajstić information content (AvgIpc) is 2.83. The summed E-state index contributed by atoms with van der Waals surface area (Å²) in [6.07, 6.45) is 0. The monoisotopic (exact) mass is 446 g/mol. The highest BCUT2D eigenvalue weighted by molar-refractivity contribution is 6.05. The first kappa shape index (κ1) is 23.8. The van der Waals surface area contributed by atoms with Crippen molar-refractivity contribution in [3.63, 3.8) is 0 Å². The van der Waals surface area contributed by atoms with Crippen LogP contribution in [-0.4, -0.2) is 44.0 Å². The minimum Gasteiger partial charge on any atom is -0.397 e. The van der Waals surface area contributed by atoms with E-state index in [0.29, 0.717) is 42.2 Å². The number of nitrogen functional groups attached to an aromatic ring is 1. The average molecular weight is 447 g/mol. The van der Waals surface area contributed by atoms with Gasteiger partial charge in [-0.1, -0.05) is 30.3 Å². The van der Waals surface area contributed by atoms with Crippen LogP contribution in [0.5, 0.6) is 0 Å². The summed E-state index contributed by atoms with van der Waals surface area (Å²) in [6.45, 7) is 3.51. The second-order valence-electron chi connectivity index (χ2n) is 7.84. The van der Waals surface area contributed by atoms with Gasteiger partial charge in [-0.25, -0.2) is 0 Å². The largest absolute Gasteiger partial charge is 0.397 e. The number of ether oxygens (including phenoxy) is 1. The number of aryl methyl sites for hydroxylation is 1. The lowest BCUT2D eigenvalue weighted by Crippen LogP contribution is -2.30. The number of hydrogen-bond acceptors (Lipinski definition) is 5. The maximum absolute atomic E-state index is 12.7. The second-order valence-corrected chi connectivity index (χ2v) is 7.84. The molecule has 0 saturated heterocycles. The summed E-state index contributed by atoms with van der Waals surface area (Å²) in [6, 6.07) is 20.3. The third-order valence-electron chi connectivity index (χ3n) is 5.37. The van der Waals surface area contributed by atoms with E-state index in [-0.39, 0.29) is 11.8 Å². The summed E-state index contributed by atoms with van der Waals surface area (Å²) in [7, 11) is 3.39. The molecular formula is C26H30N4O3. The lowest BCUT2D eigenvalue weighted by molar-refractivity contribution is 0.0743. The van der Waals surface area contributed by atoms with Crippen molar-refractivity contribution in [1.29, 1.82) is 0 Å². The molecule has 0 heterocycles. The Morgan fingerprint density at radius 2 is 1.76 bits per heavy atom. The smallest absolute Gasteiger partial charge is 0.255 e.